The standard InChI is InChI=1S/C43H83NO13/c1-3-5-7-9-11-13-14-15-16-17-19-20-22-24-26-32(47)31(44-35(48)27-25-23-21-18-12-10-8-6-4-2)30-54-42-40(53)38(51)41(34(29-46)56-42)57-43-39(52)37(50)36(49)33(28-45)55-43/h31-34,36-43,45-47,49-53H,3-30H2,1-2H3,(H,44,48). The number of carbonyl (C=O) groups is 1. The first-order valence-corrected chi connectivity index (χ1v) is 22.8. The van der Waals surface area contributed by atoms with Gasteiger partial charge in [0.1, 0.15) is 48.8 Å². The van der Waals surface area contributed by atoms with Crippen molar-refractivity contribution >= 4 is 5.91 Å². The summed E-state index contributed by atoms with van der Waals surface area (Å²) in [5, 5.41) is 86.5. The molecule has 12 atom stereocenters. The molecule has 14 heteroatoms. The monoisotopic (exact) mass is 822 g/mol. The van der Waals surface area contributed by atoms with E-state index in [0.29, 0.717) is 12.8 Å². The number of aliphatic hydroxyl groups is 8. The molecule has 0 spiro atoms. The molecule has 2 rings (SSSR count). The molecular formula is C43H83NO13. The molecule has 0 aliphatic carbocycles. The summed E-state index contributed by atoms with van der Waals surface area (Å²) >= 11 is 0. The molecule has 57 heavy (non-hydrogen) atoms. The van der Waals surface area contributed by atoms with Gasteiger partial charge in [-0.3, -0.25) is 4.79 Å². The average molecular weight is 822 g/mol. The zero-order chi connectivity index (χ0) is 41.8. The van der Waals surface area contributed by atoms with Crippen LogP contribution in [0.2, 0.25) is 0 Å². The van der Waals surface area contributed by atoms with Gasteiger partial charge in [0.25, 0.3) is 0 Å². The van der Waals surface area contributed by atoms with Crippen molar-refractivity contribution in [1.82, 2.24) is 5.32 Å². The summed E-state index contributed by atoms with van der Waals surface area (Å²) in [7, 11) is 0. The molecule has 2 saturated heterocycles. The Labute approximate surface area is 343 Å². The Morgan fingerprint density at radius 3 is 1.49 bits per heavy atom. The van der Waals surface area contributed by atoms with Crippen LogP contribution < -0.4 is 5.32 Å². The van der Waals surface area contributed by atoms with E-state index in [0.717, 1.165) is 51.4 Å². The number of aliphatic hydroxyl groups excluding tert-OH is 8. The normalized spacial score (nSPS) is 29.0. The molecule has 2 aliphatic heterocycles. The molecule has 1 amide bonds. The SMILES string of the molecule is CCCCCCCCCCCCCCCCC(O)C(COC1OC(CO)C(OC2OC(CO)C(O)C(O)C2O)C(O)C1O)NC(=O)CCCCCCCCCCC. The Balaban J connectivity index is 1.88. The Bertz CT molecular complexity index is 977. The van der Waals surface area contributed by atoms with Crippen molar-refractivity contribution in [3.8, 4) is 0 Å². The van der Waals surface area contributed by atoms with Gasteiger partial charge in [0, 0.05) is 6.42 Å². The van der Waals surface area contributed by atoms with E-state index in [1.807, 2.05) is 0 Å². The second-order valence-electron chi connectivity index (χ2n) is 16.5. The van der Waals surface area contributed by atoms with E-state index in [9.17, 15) is 45.6 Å². The van der Waals surface area contributed by atoms with E-state index in [4.69, 9.17) is 18.9 Å². The highest BCUT2D eigenvalue weighted by atomic mass is 16.7. The number of amides is 1. The highest BCUT2D eigenvalue weighted by molar-refractivity contribution is 5.76. The Morgan fingerprint density at radius 2 is 1.00 bits per heavy atom. The van der Waals surface area contributed by atoms with E-state index in [1.54, 1.807) is 0 Å². The molecule has 0 bridgehead atoms. The molecule has 0 saturated carbocycles. The highest BCUT2D eigenvalue weighted by Gasteiger charge is 2.51. The Kier molecular flexibility index (Phi) is 29.1. The maximum atomic E-state index is 13.0. The minimum absolute atomic E-state index is 0.210. The molecule has 14 nitrogen and oxygen atoms in total. The maximum absolute atomic E-state index is 13.0. The maximum Gasteiger partial charge on any atom is 0.220 e. The van der Waals surface area contributed by atoms with Crippen LogP contribution in [0.25, 0.3) is 0 Å². The molecule has 0 aromatic rings. The van der Waals surface area contributed by atoms with Crippen molar-refractivity contribution in [3.05, 3.63) is 0 Å². The van der Waals surface area contributed by atoms with E-state index >= 15 is 0 Å². The van der Waals surface area contributed by atoms with Crippen LogP contribution in [0.4, 0.5) is 0 Å². The summed E-state index contributed by atoms with van der Waals surface area (Å²) in [4.78, 5) is 13.0. The second kappa shape index (κ2) is 31.8. The zero-order valence-corrected chi connectivity index (χ0v) is 35.3. The molecule has 2 fully saturated rings. The zero-order valence-electron chi connectivity index (χ0n) is 35.3. The molecule has 0 aromatic carbocycles. The predicted octanol–water partition coefficient (Wildman–Crippen LogP) is 4.27. The summed E-state index contributed by atoms with van der Waals surface area (Å²) < 4.78 is 22.6. The van der Waals surface area contributed by atoms with Crippen molar-refractivity contribution < 1.29 is 64.6 Å². The van der Waals surface area contributed by atoms with Crippen molar-refractivity contribution in [1.29, 1.82) is 0 Å². The quantitative estimate of drug-likeness (QED) is 0.0414. The molecule has 12 unspecified atom stereocenters. The van der Waals surface area contributed by atoms with Crippen LogP contribution in [0, 0.1) is 0 Å². The molecule has 2 heterocycles. The molecule has 0 aromatic heterocycles. The van der Waals surface area contributed by atoms with E-state index < -0.39 is 86.8 Å². The molecule has 0 radical (unpaired) electrons. The van der Waals surface area contributed by atoms with Crippen molar-refractivity contribution in [2.75, 3.05) is 19.8 Å². The summed E-state index contributed by atoms with van der Waals surface area (Å²) in [5.41, 5.74) is 0. The van der Waals surface area contributed by atoms with Gasteiger partial charge in [0.15, 0.2) is 12.6 Å². The molecular weight excluding hydrogens is 738 g/mol. The lowest BCUT2D eigenvalue weighted by molar-refractivity contribution is -0.359. The number of hydrogen-bond donors (Lipinski definition) is 9. The molecule has 2 aliphatic rings. The smallest absolute Gasteiger partial charge is 0.220 e. The minimum atomic E-state index is -1.78. The predicted molar refractivity (Wildman–Crippen MR) is 217 cm³/mol. The summed E-state index contributed by atoms with van der Waals surface area (Å²) in [6, 6.07) is -0.818. The van der Waals surface area contributed by atoms with Gasteiger partial charge >= 0.3 is 0 Å². The van der Waals surface area contributed by atoms with Gasteiger partial charge in [-0.1, -0.05) is 155 Å². The molecule has 338 valence electrons. The van der Waals surface area contributed by atoms with Crippen molar-refractivity contribution in [2.24, 2.45) is 0 Å². The van der Waals surface area contributed by atoms with Gasteiger partial charge in [0.2, 0.25) is 5.91 Å². The average Bonchev–Trinajstić information content (AvgIpc) is 3.21. The van der Waals surface area contributed by atoms with E-state index in [1.165, 1.54) is 96.3 Å². The van der Waals surface area contributed by atoms with Gasteiger partial charge < -0.3 is 65.1 Å². The van der Waals surface area contributed by atoms with Crippen LogP contribution in [0.15, 0.2) is 0 Å². The van der Waals surface area contributed by atoms with Crippen LogP contribution in [0.1, 0.15) is 174 Å². The fraction of sp³-hybridized carbons (Fsp3) is 0.977. The van der Waals surface area contributed by atoms with Crippen LogP contribution in [-0.2, 0) is 23.7 Å². The summed E-state index contributed by atoms with van der Waals surface area (Å²) in [5.74, 6) is -0.210. The first kappa shape index (κ1) is 52.1. The number of hydrogen-bond acceptors (Lipinski definition) is 13. The third kappa shape index (κ3) is 20.4. The third-order valence-corrected chi connectivity index (χ3v) is 11.6. The van der Waals surface area contributed by atoms with Gasteiger partial charge in [-0.05, 0) is 12.8 Å². The van der Waals surface area contributed by atoms with Gasteiger partial charge in [-0.15, -0.1) is 0 Å². The number of carbonyl (C=O) groups excluding carboxylic acids is 1. The van der Waals surface area contributed by atoms with E-state index in [2.05, 4.69) is 19.2 Å². The summed E-state index contributed by atoms with van der Waals surface area (Å²) in [6.07, 6.45) is 11.2. The number of ether oxygens (including phenoxy) is 4. The molecule has 9 N–H and O–H groups in total. The first-order valence-electron chi connectivity index (χ1n) is 22.8. The third-order valence-electron chi connectivity index (χ3n) is 11.6. The lowest BCUT2D eigenvalue weighted by Gasteiger charge is -2.46. The highest BCUT2D eigenvalue weighted by Crippen LogP contribution is 2.30. The van der Waals surface area contributed by atoms with Crippen molar-refractivity contribution in [3.63, 3.8) is 0 Å². The fourth-order valence-corrected chi connectivity index (χ4v) is 7.76. The fourth-order valence-electron chi connectivity index (χ4n) is 7.76. The van der Waals surface area contributed by atoms with Crippen LogP contribution in [0.5, 0.6) is 0 Å². The van der Waals surface area contributed by atoms with Crippen LogP contribution >= 0.6 is 0 Å². The van der Waals surface area contributed by atoms with Crippen LogP contribution in [0.3, 0.4) is 0 Å². The minimum Gasteiger partial charge on any atom is -0.394 e. The summed E-state index contributed by atoms with van der Waals surface area (Å²) in [6.45, 7) is 2.81. The topological polar surface area (TPSA) is 228 Å². The lowest BCUT2D eigenvalue weighted by atomic mass is 9.97. The van der Waals surface area contributed by atoms with Crippen LogP contribution in [-0.4, -0.2) is 140 Å². The Hall–Kier alpha value is -1.01. The van der Waals surface area contributed by atoms with Gasteiger partial charge in [0.05, 0.1) is 32.0 Å². The number of rotatable bonds is 34. The first-order chi connectivity index (χ1) is 27.6. The Morgan fingerprint density at radius 1 is 0.561 bits per heavy atom. The van der Waals surface area contributed by atoms with Gasteiger partial charge in [-0.25, -0.2) is 0 Å². The number of nitrogens with one attached hydrogen (secondary N) is 1. The largest absolute Gasteiger partial charge is 0.394 e. The van der Waals surface area contributed by atoms with Gasteiger partial charge in [-0.2, -0.15) is 0 Å². The number of unbranched alkanes of at least 4 members (excludes halogenated alkanes) is 21. The lowest BCUT2D eigenvalue weighted by Crippen LogP contribution is -2.65. The second-order valence-corrected chi connectivity index (χ2v) is 16.5. The van der Waals surface area contributed by atoms with Crippen molar-refractivity contribution in [2.45, 2.75) is 248 Å². The van der Waals surface area contributed by atoms with E-state index in [-0.39, 0.29) is 12.5 Å².